The molecule has 3 aliphatic carbocycles. The maximum atomic E-state index is 13.5. The van der Waals surface area contributed by atoms with E-state index in [1.807, 2.05) is 24.3 Å². The minimum Gasteiger partial charge on any atom is -0.269 e. The van der Waals surface area contributed by atoms with E-state index < -0.39 is 0 Å². The summed E-state index contributed by atoms with van der Waals surface area (Å²) in [4.78, 5) is 28.3. The molecule has 0 fully saturated rings. The van der Waals surface area contributed by atoms with Gasteiger partial charge in [-0.1, -0.05) is 54.6 Å². The highest BCUT2D eigenvalue weighted by molar-refractivity contribution is 6.35. The Labute approximate surface area is 167 Å². The van der Waals surface area contributed by atoms with Crippen LogP contribution in [0.2, 0.25) is 0 Å². The Kier molecular flexibility index (Phi) is 3.05. The molecule has 3 aromatic carbocycles. The number of nitriles is 1. The predicted octanol–water partition coefficient (Wildman–Crippen LogP) is 4.02. The third-order valence-corrected chi connectivity index (χ3v) is 6.20. The van der Waals surface area contributed by atoms with Gasteiger partial charge in [-0.3, -0.25) is 9.59 Å². The van der Waals surface area contributed by atoms with Crippen molar-refractivity contribution in [3.8, 4) is 6.07 Å². The number of carbonyl (C=O) groups excluding carboxylic acids is 2. The molecule has 7 rings (SSSR count). The van der Waals surface area contributed by atoms with Gasteiger partial charge in [-0.2, -0.15) is 5.26 Å². The van der Waals surface area contributed by atoms with Crippen molar-refractivity contribution >= 4 is 17.5 Å². The van der Waals surface area contributed by atoms with Crippen molar-refractivity contribution in [1.82, 2.24) is 0 Å². The number of anilines is 1. The van der Waals surface area contributed by atoms with Crippen LogP contribution >= 0.6 is 0 Å². The normalized spacial score (nSPS) is 21.0. The molecule has 3 aromatic rings. The van der Waals surface area contributed by atoms with E-state index in [9.17, 15) is 14.9 Å². The fraction of sp³-hybridized carbons (Fsp3) is 0.0800. The molecule has 4 heteroatoms. The Morgan fingerprint density at radius 3 is 1.62 bits per heavy atom. The summed E-state index contributed by atoms with van der Waals surface area (Å²) in [5.41, 5.74) is 6.43. The van der Waals surface area contributed by atoms with E-state index in [0.29, 0.717) is 22.4 Å². The molecule has 4 nitrogen and oxygen atoms in total. The average molecular weight is 374 g/mol. The van der Waals surface area contributed by atoms with Gasteiger partial charge in [-0.25, -0.2) is 4.90 Å². The van der Waals surface area contributed by atoms with Gasteiger partial charge in [0.15, 0.2) is 0 Å². The molecule has 0 saturated heterocycles. The van der Waals surface area contributed by atoms with Crippen molar-refractivity contribution in [2.24, 2.45) is 0 Å². The molecule has 29 heavy (non-hydrogen) atoms. The van der Waals surface area contributed by atoms with Crippen LogP contribution in [0.3, 0.4) is 0 Å². The van der Waals surface area contributed by atoms with E-state index in [-0.39, 0.29) is 23.7 Å². The number of hydrogen-bond donors (Lipinski definition) is 0. The predicted molar refractivity (Wildman–Crippen MR) is 107 cm³/mol. The lowest BCUT2D eigenvalue weighted by atomic mass is 9.61. The first kappa shape index (κ1) is 16.0. The molecule has 2 amide bonds. The van der Waals surface area contributed by atoms with E-state index >= 15 is 0 Å². The van der Waals surface area contributed by atoms with E-state index in [1.165, 1.54) is 4.90 Å². The fourth-order valence-corrected chi connectivity index (χ4v) is 5.10. The molecule has 2 bridgehead atoms. The highest BCUT2D eigenvalue weighted by atomic mass is 16.2. The lowest BCUT2D eigenvalue weighted by molar-refractivity contribution is -0.120. The fourth-order valence-electron chi connectivity index (χ4n) is 5.10. The zero-order valence-electron chi connectivity index (χ0n) is 15.3. The van der Waals surface area contributed by atoms with Gasteiger partial charge < -0.3 is 0 Å². The van der Waals surface area contributed by atoms with E-state index in [4.69, 9.17) is 0 Å². The molecule has 0 saturated carbocycles. The van der Waals surface area contributed by atoms with Crippen LogP contribution in [-0.2, 0) is 9.59 Å². The summed E-state index contributed by atoms with van der Waals surface area (Å²) in [6.45, 7) is 0. The zero-order chi connectivity index (χ0) is 19.7. The first-order valence-corrected chi connectivity index (χ1v) is 9.51. The van der Waals surface area contributed by atoms with Gasteiger partial charge in [-0.05, 0) is 40.5 Å². The molecule has 1 heterocycles. The quantitative estimate of drug-likeness (QED) is 0.605. The highest BCUT2D eigenvalue weighted by Crippen LogP contribution is 2.58. The number of benzene rings is 3. The first-order chi connectivity index (χ1) is 14.2. The lowest BCUT2D eigenvalue weighted by Crippen LogP contribution is -2.32. The molecule has 1 aliphatic heterocycles. The first-order valence-electron chi connectivity index (χ1n) is 9.51. The second-order valence-corrected chi connectivity index (χ2v) is 7.56. The molecule has 4 aliphatic rings. The van der Waals surface area contributed by atoms with Gasteiger partial charge in [0.2, 0.25) is 0 Å². The van der Waals surface area contributed by atoms with E-state index in [2.05, 4.69) is 30.3 Å². The third kappa shape index (κ3) is 1.92. The van der Waals surface area contributed by atoms with Gasteiger partial charge in [0.25, 0.3) is 11.8 Å². The number of amides is 2. The largest absolute Gasteiger partial charge is 0.269 e. The zero-order valence-corrected chi connectivity index (χ0v) is 15.3. The van der Waals surface area contributed by atoms with Crippen LogP contribution in [-0.4, -0.2) is 11.8 Å². The average Bonchev–Trinajstić information content (AvgIpc) is 3.04. The van der Waals surface area contributed by atoms with Crippen molar-refractivity contribution in [3.05, 3.63) is 112 Å². The highest BCUT2D eigenvalue weighted by Gasteiger charge is 2.53. The van der Waals surface area contributed by atoms with Crippen LogP contribution in [0.25, 0.3) is 0 Å². The monoisotopic (exact) mass is 374 g/mol. The van der Waals surface area contributed by atoms with Gasteiger partial charge in [-0.15, -0.1) is 0 Å². The Balaban J connectivity index is 1.58. The molecule has 0 atom stereocenters. The summed E-state index contributed by atoms with van der Waals surface area (Å²) in [5, 5.41) is 9.22. The molecule has 0 radical (unpaired) electrons. The summed E-state index contributed by atoms with van der Waals surface area (Å²) in [5.74, 6) is -1.02. The van der Waals surface area contributed by atoms with Gasteiger partial charge in [0.1, 0.15) is 0 Å². The number of rotatable bonds is 1. The van der Waals surface area contributed by atoms with Crippen LogP contribution in [0.5, 0.6) is 0 Å². The number of nitrogens with zero attached hydrogens (tertiary/aromatic N) is 2. The van der Waals surface area contributed by atoms with Crippen LogP contribution in [0, 0.1) is 11.3 Å². The second-order valence-electron chi connectivity index (χ2n) is 7.56. The Morgan fingerprint density at radius 2 is 1.17 bits per heavy atom. The molecule has 0 N–H and O–H groups in total. The Bertz CT molecular complexity index is 1210. The maximum Gasteiger partial charge on any atom is 0.262 e. The molecule has 136 valence electrons. The SMILES string of the molecule is N#Cc1cccc(N2C(=O)C3=C(C2=O)C2c4ccccc4C3c3ccccc32)c1. The summed E-state index contributed by atoms with van der Waals surface area (Å²) in [6, 6.07) is 24.9. The van der Waals surface area contributed by atoms with E-state index in [1.54, 1.807) is 24.3 Å². The van der Waals surface area contributed by atoms with Crippen molar-refractivity contribution < 1.29 is 9.59 Å². The maximum absolute atomic E-state index is 13.5. The van der Waals surface area contributed by atoms with E-state index in [0.717, 1.165) is 22.3 Å². The summed E-state index contributed by atoms with van der Waals surface area (Å²) < 4.78 is 0. The smallest absolute Gasteiger partial charge is 0.262 e. The number of hydrogen-bond acceptors (Lipinski definition) is 3. The molecule has 0 aromatic heterocycles. The van der Waals surface area contributed by atoms with Gasteiger partial charge in [0.05, 0.1) is 17.3 Å². The minimum absolute atomic E-state index is 0.233. The molecule has 0 unspecified atom stereocenters. The van der Waals surface area contributed by atoms with Crippen molar-refractivity contribution in [2.75, 3.05) is 4.90 Å². The molecular weight excluding hydrogens is 360 g/mol. The van der Waals surface area contributed by atoms with Crippen molar-refractivity contribution in [3.63, 3.8) is 0 Å². The summed E-state index contributed by atoms with van der Waals surface area (Å²) in [6.07, 6.45) is 0. The van der Waals surface area contributed by atoms with Crippen molar-refractivity contribution in [2.45, 2.75) is 11.8 Å². The van der Waals surface area contributed by atoms with Gasteiger partial charge >= 0.3 is 0 Å². The second kappa shape index (κ2) is 5.52. The summed E-state index contributed by atoms with van der Waals surface area (Å²) in [7, 11) is 0. The standard InChI is InChI=1S/C25H14N2O2/c26-13-14-6-5-7-15(12-14)27-24(28)22-20-16-8-1-2-9-17(16)21(23(22)25(27)29)19-11-4-3-10-18(19)20/h1-12,20-21H. The van der Waals surface area contributed by atoms with Crippen LogP contribution < -0.4 is 4.90 Å². The third-order valence-electron chi connectivity index (χ3n) is 6.20. The molecule has 0 spiro atoms. The van der Waals surface area contributed by atoms with Crippen LogP contribution in [0.4, 0.5) is 5.69 Å². The number of carbonyl (C=O) groups is 2. The van der Waals surface area contributed by atoms with Crippen molar-refractivity contribution in [1.29, 1.82) is 5.26 Å². The lowest BCUT2D eigenvalue weighted by Gasteiger charge is -2.39. The molecular formula is C25H14N2O2. The van der Waals surface area contributed by atoms with Crippen LogP contribution in [0.15, 0.2) is 83.9 Å². The number of imide groups is 1. The van der Waals surface area contributed by atoms with Crippen LogP contribution in [0.1, 0.15) is 39.7 Å². The Hall–Kier alpha value is -3.97. The summed E-state index contributed by atoms with van der Waals surface area (Å²) >= 11 is 0. The topological polar surface area (TPSA) is 61.2 Å². The minimum atomic E-state index is -0.279. The van der Waals surface area contributed by atoms with Gasteiger partial charge in [0, 0.05) is 23.0 Å². The Morgan fingerprint density at radius 1 is 0.690 bits per heavy atom.